The van der Waals surface area contributed by atoms with Crippen molar-refractivity contribution in [3.8, 4) is 0 Å². The van der Waals surface area contributed by atoms with Gasteiger partial charge in [-0.3, -0.25) is 4.90 Å². The zero-order valence-corrected chi connectivity index (χ0v) is 13.5. The Hall–Kier alpha value is -0.890. The molecule has 1 aromatic rings. The van der Waals surface area contributed by atoms with Gasteiger partial charge in [-0.1, -0.05) is 0 Å². The lowest BCUT2D eigenvalue weighted by atomic mass is 10.1. The van der Waals surface area contributed by atoms with Crippen molar-refractivity contribution in [2.24, 2.45) is 0 Å². The fourth-order valence-electron chi connectivity index (χ4n) is 3.49. The number of rotatable bonds is 4. The van der Waals surface area contributed by atoms with Crippen molar-refractivity contribution < 1.29 is 8.42 Å². The van der Waals surface area contributed by atoms with Crippen LogP contribution in [0.3, 0.4) is 0 Å². The van der Waals surface area contributed by atoms with Crippen LogP contribution in [-0.4, -0.2) is 61.4 Å². The molecule has 0 saturated carbocycles. The summed E-state index contributed by atoms with van der Waals surface area (Å²) in [7, 11) is -1.56. The Labute approximate surface area is 126 Å². The minimum atomic E-state index is -3.40. The van der Waals surface area contributed by atoms with Crippen LogP contribution in [0.1, 0.15) is 25.5 Å². The fourth-order valence-corrected chi connectivity index (χ4v) is 5.17. The Bertz CT molecular complexity index is 598. The Morgan fingerprint density at radius 1 is 1.43 bits per heavy atom. The molecule has 1 aromatic heterocycles. The van der Waals surface area contributed by atoms with E-state index in [9.17, 15) is 8.42 Å². The standard InChI is InChI=1S/C14H24N4O2S/c1-11-9-17-5-3-4-13(17)10-18(11)21(19,20)14-6-12(7-15-2)16-8-14/h6,8,11,13,15-16H,3-5,7,9-10H2,1-2H3. The molecule has 7 heteroatoms. The van der Waals surface area contributed by atoms with E-state index in [1.54, 1.807) is 16.6 Å². The summed E-state index contributed by atoms with van der Waals surface area (Å²) in [6.45, 7) is 5.22. The van der Waals surface area contributed by atoms with Crippen molar-refractivity contribution >= 4 is 10.0 Å². The molecule has 2 N–H and O–H groups in total. The number of aromatic amines is 1. The van der Waals surface area contributed by atoms with E-state index in [0.717, 1.165) is 25.2 Å². The maximum Gasteiger partial charge on any atom is 0.244 e. The molecule has 0 bridgehead atoms. The maximum absolute atomic E-state index is 12.9. The second-order valence-electron chi connectivity index (χ2n) is 6.11. The Kier molecular flexibility index (Phi) is 4.09. The molecule has 0 spiro atoms. The Morgan fingerprint density at radius 2 is 2.24 bits per heavy atom. The number of hydrogen-bond donors (Lipinski definition) is 2. The van der Waals surface area contributed by atoms with Crippen molar-refractivity contribution in [3.63, 3.8) is 0 Å². The third-order valence-corrected chi connectivity index (χ3v) is 6.53. The van der Waals surface area contributed by atoms with Gasteiger partial charge in [-0.15, -0.1) is 0 Å². The van der Waals surface area contributed by atoms with E-state index < -0.39 is 10.0 Å². The van der Waals surface area contributed by atoms with E-state index in [1.807, 2.05) is 14.0 Å². The number of fused-ring (bicyclic) bond motifs is 1. The number of piperazine rings is 1. The highest BCUT2D eigenvalue weighted by atomic mass is 32.2. The molecule has 2 saturated heterocycles. The lowest BCUT2D eigenvalue weighted by Gasteiger charge is -2.41. The predicted molar refractivity (Wildman–Crippen MR) is 81.5 cm³/mol. The number of H-pyrrole nitrogens is 1. The first kappa shape index (κ1) is 15.0. The largest absolute Gasteiger partial charge is 0.363 e. The summed E-state index contributed by atoms with van der Waals surface area (Å²) in [6.07, 6.45) is 3.90. The minimum absolute atomic E-state index is 0.0343. The van der Waals surface area contributed by atoms with Gasteiger partial charge in [-0.25, -0.2) is 8.42 Å². The fraction of sp³-hybridized carbons (Fsp3) is 0.714. The molecule has 2 atom stereocenters. The number of sulfonamides is 1. The lowest BCUT2D eigenvalue weighted by Crippen LogP contribution is -2.56. The third-order valence-electron chi connectivity index (χ3n) is 4.57. The molecular formula is C14H24N4O2S. The predicted octanol–water partition coefficient (Wildman–Crippen LogP) is 0.591. The van der Waals surface area contributed by atoms with Crippen LogP contribution < -0.4 is 5.32 Å². The number of nitrogens with one attached hydrogen (secondary N) is 2. The Morgan fingerprint density at radius 3 is 3.00 bits per heavy atom. The van der Waals surface area contributed by atoms with Gasteiger partial charge in [0.2, 0.25) is 10.0 Å². The van der Waals surface area contributed by atoms with Gasteiger partial charge >= 0.3 is 0 Å². The highest BCUT2D eigenvalue weighted by Gasteiger charge is 2.40. The molecule has 2 fully saturated rings. The smallest absolute Gasteiger partial charge is 0.244 e. The van der Waals surface area contributed by atoms with Gasteiger partial charge in [0.25, 0.3) is 0 Å². The van der Waals surface area contributed by atoms with E-state index in [4.69, 9.17) is 0 Å². The second-order valence-corrected chi connectivity index (χ2v) is 8.00. The van der Waals surface area contributed by atoms with Gasteiger partial charge in [0.15, 0.2) is 0 Å². The molecule has 0 aliphatic carbocycles. The summed E-state index contributed by atoms with van der Waals surface area (Å²) in [5, 5.41) is 3.02. The molecule has 118 valence electrons. The quantitative estimate of drug-likeness (QED) is 0.854. The molecule has 2 aliphatic rings. The molecule has 21 heavy (non-hydrogen) atoms. The monoisotopic (exact) mass is 312 g/mol. The highest BCUT2D eigenvalue weighted by molar-refractivity contribution is 7.89. The van der Waals surface area contributed by atoms with Gasteiger partial charge in [0.05, 0.1) is 4.90 Å². The maximum atomic E-state index is 12.9. The van der Waals surface area contributed by atoms with Crippen LogP contribution in [0.15, 0.2) is 17.2 Å². The van der Waals surface area contributed by atoms with Gasteiger partial charge in [0.1, 0.15) is 0 Å². The lowest BCUT2D eigenvalue weighted by molar-refractivity contribution is 0.117. The van der Waals surface area contributed by atoms with E-state index in [1.165, 1.54) is 6.42 Å². The first-order valence-corrected chi connectivity index (χ1v) is 9.04. The summed E-state index contributed by atoms with van der Waals surface area (Å²) < 4.78 is 27.4. The average Bonchev–Trinajstić information content (AvgIpc) is 3.06. The van der Waals surface area contributed by atoms with E-state index in [2.05, 4.69) is 15.2 Å². The second kappa shape index (κ2) is 5.72. The molecule has 3 rings (SSSR count). The van der Waals surface area contributed by atoms with E-state index in [-0.39, 0.29) is 6.04 Å². The van der Waals surface area contributed by atoms with Gasteiger partial charge < -0.3 is 10.3 Å². The van der Waals surface area contributed by atoms with Crippen molar-refractivity contribution in [1.82, 2.24) is 19.5 Å². The van der Waals surface area contributed by atoms with Crippen LogP contribution in [0.2, 0.25) is 0 Å². The molecule has 2 unspecified atom stereocenters. The molecule has 6 nitrogen and oxygen atoms in total. The summed E-state index contributed by atoms with van der Waals surface area (Å²) in [5.74, 6) is 0. The molecular weight excluding hydrogens is 288 g/mol. The first-order chi connectivity index (χ1) is 10.0. The van der Waals surface area contributed by atoms with Gasteiger partial charge in [-0.05, 0) is 39.4 Å². The molecule has 0 aromatic carbocycles. The summed E-state index contributed by atoms with van der Waals surface area (Å²) in [5.41, 5.74) is 0.892. The van der Waals surface area contributed by atoms with Crippen LogP contribution in [0, 0.1) is 0 Å². The summed E-state index contributed by atoms with van der Waals surface area (Å²) in [4.78, 5) is 5.85. The zero-order valence-electron chi connectivity index (χ0n) is 12.7. The number of hydrogen-bond acceptors (Lipinski definition) is 4. The summed E-state index contributed by atoms with van der Waals surface area (Å²) in [6, 6.07) is 2.17. The van der Waals surface area contributed by atoms with Crippen LogP contribution in [-0.2, 0) is 16.6 Å². The topological polar surface area (TPSA) is 68.4 Å². The molecule has 2 aliphatic heterocycles. The van der Waals surface area contributed by atoms with Crippen LogP contribution in [0.5, 0.6) is 0 Å². The average molecular weight is 312 g/mol. The number of nitrogens with zero attached hydrogens (tertiary/aromatic N) is 2. The van der Waals surface area contributed by atoms with Gasteiger partial charge in [0, 0.05) is 43.6 Å². The first-order valence-electron chi connectivity index (χ1n) is 7.60. The SMILES string of the molecule is CNCc1cc(S(=O)(=O)N2CC3CCCN3CC2C)c[nH]1. The summed E-state index contributed by atoms with van der Waals surface area (Å²) >= 11 is 0. The highest BCUT2D eigenvalue weighted by Crippen LogP contribution is 2.29. The van der Waals surface area contributed by atoms with Crippen LogP contribution in [0.25, 0.3) is 0 Å². The van der Waals surface area contributed by atoms with E-state index in [0.29, 0.717) is 24.0 Å². The van der Waals surface area contributed by atoms with Crippen LogP contribution >= 0.6 is 0 Å². The Balaban J connectivity index is 1.82. The van der Waals surface area contributed by atoms with Crippen molar-refractivity contribution in [1.29, 1.82) is 0 Å². The molecule has 3 heterocycles. The van der Waals surface area contributed by atoms with Gasteiger partial charge in [-0.2, -0.15) is 4.31 Å². The minimum Gasteiger partial charge on any atom is -0.363 e. The zero-order chi connectivity index (χ0) is 15.0. The molecule has 0 radical (unpaired) electrons. The molecule has 0 amide bonds. The van der Waals surface area contributed by atoms with Crippen molar-refractivity contribution in [3.05, 3.63) is 18.0 Å². The van der Waals surface area contributed by atoms with Crippen LogP contribution in [0.4, 0.5) is 0 Å². The van der Waals surface area contributed by atoms with Crippen molar-refractivity contribution in [2.75, 3.05) is 26.7 Å². The number of aromatic nitrogens is 1. The van der Waals surface area contributed by atoms with Crippen molar-refractivity contribution in [2.45, 2.75) is 43.3 Å². The van der Waals surface area contributed by atoms with E-state index >= 15 is 0 Å². The normalized spacial score (nSPS) is 27.9. The third kappa shape index (κ3) is 2.75.